The van der Waals surface area contributed by atoms with Crippen molar-refractivity contribution in [2.75, 3.05) is 13.2 Å². The number of hydrogen-bond donors (Lipinski definition) is 1. The molecule has 0 aromatic carbocycles. The van der Waals surface area contributed by atoms with Crippen LogP contribution in [0.5, 0.6) is 0 Å². The maximum atomic E-state index is 12.0. The van der Waals surface area contributed by atoms with Crippen LogP contribution < -0.4 is 5.32 Å². The second-order valence-electron chi connectivity index (χ2n) is 5.19. The van der Waals surface area contributed by atoms with Gasteiger partial charge in [-0.15, -0.1) is 5.10 Å². The third kappa shape index (κ3) is 2.80. The van der Waals surface area contributed by atoms with Crippen LogP contribution in [0.3, 0.4) is 0 Å². The van der Waals surface area contributed by atoms with Gasteiger partial charge in [0.2, 0.25) is 0 Å². The molecule has 0 bridgehead atoms. The molecule has 2 aromatic rings. The molecule has 1 aliphatic heterocycles. The summed E-state index contributed by atoms with van der Waals surface area (Å²) in [7, 11) is 0. The number of carbonyl (C=O) groups excluding carboxylic acids is 1. The standard InChI is InChI=1S/C13H17N5O3/c1-8-12-7-20-6-10(5-18(12)17-16-8)3-14-13(19)11-4-15-21-9(11)2/h4,10H,3,5-7H2,1-2H3,(H,14,19)/t10-/m0/s1. The molecule has 21 heavy (non-hydrogen) atoms. The summed E-state index contributed by atoms with van der Waals surface area (Å²) in [5, 5.41) is 14.6. The molecule has 2 aromatic heterocycles. The fourth-order valence-electron chi connectivity index (χ4n) is 2.34. The molecule has 0 fully saturated rings. The third-order valence-electron chi connectivity index (χ3n) is 3.60. The third-order valence-corrected chi connectivity index (χ3v) is 3.60. The number of amides is 1. The average molecular weight is 291 g/mol. The van der Waals surface area contributed by atoms with E-state index in [2.05, 4.69) is 20.8 Å². The number of aryl methyl sites for hydroxylation is 2. The van der Waals surface area contributed by atoms with Gasteiger partial charge in [-0.05, 0) is 13.8 Å². The number of aromatic nitrogens is 4. The van der Waals surface area contributed by atoms with Gasteiger partial charge in [0.05, 0.1) is 30.8 Å². The zero-order valence-electron chi connectivity index (χ0n) is 12.0. The largest absolute Gasteiger partial charge is 0.375 e. The zero-order chi connectivity index (χ0) is 14.8. The van der Waals surface area contributed by atoms with Crippen molar-refractivity contribution in [3.63, 3.8) is 0 Å². The monoisotopic (exact) mass is 291 g/mol. The molecule has 8 nitrogen and oxygen atoms in total. The van der Waals surface area contributed by atoms with Gasteiger partial charge in [0.1, 0.15) is 11.3 Å². The molecule has 1 N–H and O–H groups in total. The lowest BCUT2D eigenvalue weighted by atomic mass is 10.1. The molecular weight excluding hydrogens is 274 g/mol. The molecule has 0 saturated heterocycles. The van der Waals surface area contributed by atoms with Crippen molar-refractivity contribution in [2.24, 2.45) is 5.92 Å². The first-order valence-electron chi connectivity index (χ1n) is 6.81. The second-order valence-corrected chi connectivity index (χ2v) is 5.19. The fourth-order valence-corrected chi connectivity index (χ4v) is 2.34. The van der Waals surface area contributed by atoms with Gasteiger partial charge in [-0.2, -0.15) is 0 Å². The Morgan fingerprint density at radius 2 is 2.38 bits per heavy atom. The summed E-state index contributed by atoms with van der Waals surface area (Å²) in [5.41, 5.74) is 2.35. The molecule has 0 spiro atoms. The van der Waals surface area contributed by atoms with E-state index < -0.39 is 0 Å². The smallest absolute Gasteiger partial charge is 0.256 e. The summed E-state index contributed by atoms with van der Waals surface area (Å²) in [6, 6.07) is 0. The summed E-state index contributed by atoms with van der Waals surface area (Å²) in [4.78, 5) is 12.0. The number of ether oxygens (including phenoxy) is 1. The van der Waals surface area contributed by atoms with Crippen molar-refractivity contribution < 1.29 is 14.1 Å². The van der Waals surface area contributed by atoms with Crippen LogP contribution >= 0.6 is 0 Å². The summed E-state index contributed by atoms with van der Waals surface area (Å²) in [6.45, 7) is 5.89. The molecule has 0 saturated carbocycles. The minimum atomic E-state index is -0.187. The van der Waals surface area contributed by atoms with Gasteiger partial charge in [-0.3, -0.25) is 4.79 Å². The first kappa shape index (κ1) is 13.7. The van der Waals surface area contributed by atoms with Crippen LogP contribution in [-0.4, -0.2) is 39.2 Å². The van der Waals surface area contributed by atoms with Crippen molar-refractivity contribution >= 4 is 5.91 Å². The molecule has 3 rings (SSSR count). The Labute approximate surface area is 121 Å². The van der Waals surface area contributed by atoms with Gasteiger partial charge in [-0.1, -0.05) is 10.4 Å². The number of nitrogens with one attached hydrogen (secondary N) is 1. The van der Waals surface area contributed by atoms with E-state index in [9.17, 15) is 4.79 Å². The Morgan fingerprint density at radius 3 is 3.14 bits per heavy atom. The molecule has 0 radical (unpaired) electrons. The Balaban J connectivity index is 1.61. The molecular formula is C13H17N5O3. The van der Waals surface area contributed by atoms with Gasteiger partial charge in [-0.25, -0.2) is 4.68 Å². The van der Waals surface area contributed by atoms with Crippen LogP contribution in [0.15, 0.2) is 10.7 Å². The van der Waals surface area contributed by atoms with Gasteiger partial charge in [0.15, 0.2) is 0 Å². The molecule has 8 heteroatoms. The predicted molar refractivity (Wildman–Crippen MR) is 71.5 cm³/mol. The van der Waals surface area contributed by atoms with Crippen molar-refractivity contribution in [1.82, 2.24) is 25.5 Å². The van der Waals surface area contributed by atoms with E-state index in [1.807, 2.05) is 11.6 Å². The number of nitrogens with zero attached hydrogens (tertiary/aromatic N) is 4. The lowest BCUT2D eigenvalue weighted by Gasteiger charge is -2.14. The van der Waals surface area contributed by atoms with Crippen LogP contribution in [0.25, 0.3) is 0 Å². The first-order chi connectivity index (χ1) is 10.1. The maximum Gasteiger partial charge on any atom is 0.256 e. The van der Waals surface area contributed by atoms with Crippen molar-refractivity contribution in [1.29, 1.82) is 0 Å². The minimum absolute atomic E-state index is 0.150. The van der Waals surface area contributed by atoms with E-state index in [4.69, 9.17) is 9.26 Å². The molecule has 0 unspecified atom stereocenters. The van der Waals surface area contributed by atoms with Crippen LogP contribution in [0.1, 0.15) is 27.5 Å². The first-order valence-corrected chi connectivity index (χ1v) is 6.81. The molecule has 1 atom stereocenters. The fraction of sp³-hybridized carbons (Fsp3) is 0.538. The SMILES string of the molecule is Cc1nnn2c1COC[C@@H](CNC(=O)c1cnoc1C)C2. The van der Waals surface area contributed by atoms with E-state index in [1.54, 1.807) is 6.92 Å². The van der Waals surface area contributed by atoms with E-state index in [-0.39, 0.29) is 11.8 Å². The van der Waals surface area contributed by atoms with Crippen LogP contribution in [0.2, 0.25) is 0 Å². The summed E-state index contributed by atoms with van der Waals surface area (Å²) in [6.07, 6.45) is 1.42. The van der Waals surface area contributed by atoms with Gasteiger partial charge in [0, 0.05) is 19.0 Å². The summed E-state index contributed by atoms with van der Waals surface area (Å²) in [5.74, 6) is 0.475. The molecule has 3 heterocycles. The average Bonchev–Trinajstić information content (AvgIpc) is 2.96. The lowest BCUT2D eigenvalue weighted by Crippen LogP contribution is -2.33. The van der Waals surface area contributed by atoms with E-state index in [0.29, 0.717) is 37.6 Å². The van der Waals surface area contributed by atoms with Crippen LogP contribution in [0.4, 0.5) is 0 Å². The number of hydrogen-bond acceptors (Lipinski definition) is 6. The number of fused-ring (bicyclic) bond motifs is 1. The predicted octanol–water partition coefficient (Wildman–Crippen LogP) is 0.459. The highest BCUT2D eigenvalue weighted by molar-refractivity contribution is 5.94. The van der Waals surface area contributed by atoms with Crippen molar-refractivity contribution in [2.45, 2.75) is 27.0 Å². The van der Waals surface area contributed by atoms with Crippen molar-refractivity contribution in [3.8, 4) is 0 Å². The van der Waals surface area contributed by atoms with Crippen LogP contribution in [0, 0.1) is 19.8 Å². The molecule has 1 amide bonds. The Kier molecular flexibility index (Phi) is 3.70. The van der Waals surface area contributed by atoms with Crippen molar-refractivity contribution in [3.05, 3.63) is 28.9 Å². The van der Waals surface area contributed by atoms with Gasteiger partial charge in [0.25, 0.3) is 5.91 Å². The summed E-state index contributed by atoms with van der Waals surface area (Å²) < 4.78 is 12.4. The minimum Gasteiger partial charge on any atom is -0.375 e. The highest BCUT2D eigenvalue weighted by atomic mass is 16.5. The number of rotatable bonds is 3. The highest BCUT2D eigenvalue weighted by Gasteiger charge is 2.21. The van der Waals surface area contributed by atoms with Gasteiger partial charge >= 0.3 is 0 Å². The Bertz CT molecular complexity index is 648. The number of carbonyl (C=O) groups is 1. The van der Waals surface area contributed by atoms with Crippen LogP contribution in [-0.2, 0) is 17.9 Å². The quantitative estimate of drug-likeness (QED) is 0.882. The summed E-state index contributed by atoms with van der Waals surface area (Å²) >= 11 is 0. The highest BCUT2D eigenvalue weighted by Crippen LogP contribution is 2.14. The van der Waals surface area contributed by atoms with E-state index >= 15 is 0 Å². The molecule has 1 aliphatic rings. The lowest BCUT2D eigenvalue weighted by molar-refractivity contribution is 0.0849. The van der Waals surface area contributed by atoms with E-state index in [1.165, 1.54) is 6.20 Å². The van der Waals surface area contributed by atoms with E-state index in [0.717, 1.165) is 11.4 Å². The maximum absolute atomic E-state index is 12.0. The normalized spacial score (nSPS) is 18.1. The Hall–Kier alpha value is -2.22. The molecule has 0 aliphatic carbocycles. The zero-order valence-corrected chi connectivity index (χ0v) is 12.0. The molecule has 112 valence electrons. The second kappa shape index (κ2) is 5.65. The van der Waals surface area contributed by atoms with Gasteiger partial charge < -0.3 is 14.6 Å². The Morgan fingerprint density at radius 1 is 1.52 bits per heavy atom. The topological polar surface area (TPSA) is 95.1 Å².